The normalized spacial score (nSPS) is 10.6. The van der Waals surface area contributed by atoms with Crippen LogP contribution in [0.15, 0.2) is 55.0 Å². The molecule has 94 valence electrons. The number of hydrogen-bond donors (Lipinski definition) is 0. The molecule has 0 aliphatic carbocycles. The fourth-order valence-corrected chi connectivity index (χ4v) is 2.07. The molecule has 0 aliphatic rings. The topological polar surface area (TPSA) is 35.0 Å². The Balaban J connectivity index is 1.96. The Morgan fingerprint density at radius 1 is 1.11 bits per heavy atom. The molecule has 3 nitrogen and oxygen atoms in total. The van der Waals surface area contributed by atoms with Crippen molar-refractivity contribution >= 4 is 22.5 Å². The van der Waals surface area contributed by atoms with E-state index in [4.69, 9.17) is 16.3 Å². The lowest BCUT2D eigenvalue weighted by molar-refractivity contribution is 0.474. The minimum Gasteiger partial charge on any atom is -0.454 e. The van der Waals surface area contributed by atoms with Crippen LogP contribution in [0.5, 0.6) is 11.5 Å². The van der Waals surface area contributed by atoms with Gasteiger partial charge in [0.05, 0.1) is 23.8 Å². The number of aromatic nitrogens is 2. The van der Waals surface area contributed by atoms with E-state index in [-0.39, 0.29) is 0 Å². The van der Waals surface area contributed by atoms with E-state index >= 15 is 0 Å². The Hall–Kier alpha value is -2.13. The van der Waals surface area contributed by atoms with E-state index in [1.165, 1.54) is 0 Å². The first kappa shape index (κ1) is 11.9. The zero-order valence-corrected chi connectivity index (χ0v) is 10.8. The van der Waals surface area contributed by atoms with Crippen LogP contribution in [0.25, 0.3) is 10.9 Å². The number of hydrogen-bond acceptors (Lipinski definition) is 3. The van der Waals surface area contributed by atoms with Crippen LogP contribution >= 0.6 is 11.6 Å². The van der Waals surface area contributed by atoms with Crippen LogP contribution in [0, 0.1) is 0 Å². The number of rotatable bonds is 3. The first-order valence-electron chi connectivity index (χ1n) is 5.88. The number of alkyl halides is 1. The molecule has 0 atom stereocenters. The number of nitrogens with zero attached hydrogens (tertiary/aromatic N) is 2. The van der Waals surface area contributed by atoms with Crippen molar-refractivity contribution in [1.82, 2.24) is 9.97 Å². The molecular formula is C15H11ClN2O. The highest BCUT2D eigenvalue weighted by molar-refractivity contribution is 6.17. The van der Waals surface area contributed by atoms with Crippen LogP contribution < -0.4 is 4.74 Å². The van der Waals surface area contributed by atoms with Gasteiger partial charge in [0, 0.05) is 17.1 Å². The van der Waals surface area contributed by atoms with Gasteiger partial charge in [0.25, 0.3) is 0 Å². The van der Waals surface area contributed by atoms with Gasteiger partial charge >= 0.3 is 0 Å². The number of para-hydroxylation sites is 1. The standard InChI is InChI=1S/C15H11ClN2O/c16-8-12-5-6-17-10-15(12)19-13-7-11-3-1-2-4-14(11)18-9-13/h1-7,9-10H,8H2. The van der Waals surface area contributed by atoms with E-state index < -0.39 is 0 Å². The van der Waals surface area contributed by atoms with Crippen LogP contribution in [0.1, 0.15) is 5.56 Å². The van der Waals surface area contributed by atoms with Gasteiger partial charge in [-0.2, -0.15) is 0 Å². The monoisotopic (exact) mass is 270 g/mol. The molecule has 0 N–H and O–H groups in total. The summed E-state index contributed by atoms with van der Waals surface area (Å²) in [4.78, 5) is 8.40. The molecule has 19 heavy (non-hydrogen) atoms. The van der Waals surface area contributed by atoms with Gasteiger partial charge in [-0.15, -0.1) is 11.6 Å². The summed E-state index contributed by atoms with van der Waals surface area (Å²) in [5, 5.41) is 1.04. The van der Waals surface area contributed by atoms with E-state index in [0.717, 1.165) is 16.5 Å². The Kier molecular flexibility index (Phi) is 3.29. The summed E-state index contributed by atoms with van der Waals surface area (Å²) >= 11 is 5.87. The predicted molar refractivity (Wildman–Crippen MR) is 75.6 cm³/mol. The maximum absolute atomic E-state index is 5.87. The van der Waals surface area contributed by atoms with Gasteiger partial charge in [-0.25, -0.2) is 0 Å². The number of pyridine rings is 2. The molecule has 0 amide bonds. The summed E-state index contributed by atoms with van der Waals surface area (Å²) < 4.78 is 5.80. The smallest absolute Gasteiger partial charge is 0.150 e. The molecule has 4 heteroatoms. The van der Waals surface area contributed by atoms with E-state index in [2.05, 4.69) is 9.97 Å². The summed E-state index contributed by atoms with van der Waals surface area (Å²) in [7, 11) is 0. The number of fused-ring (bicyclic) bond motifs is 1. The van der Waals surface area contributed by atoms with Crippen LogP contribution in [0.2, 0.25) is 0 Å². The fraction of sp³-hybridized carbons (Fsp3) is 0.0667. The fourth-order valence-electron chi connectivity index (χ4n) is 1.84. The van der Waals surface area contributed by atoms with Gasteiger partial charge in [0.15, 0.2) is 0 Å². The van der Waals surface area contributed by atoms with Crippen LogP contribution in [0.4, 0.5) is 0 Å². The summed E-state index contributed by atoms with van der Waals surface area (Å²) in [6.07, 6.45) is 5.06. The summed E-state index contributed by atoms with van der Waals surface area (Å²) in [5.41, 5.74) is 1.85. The van der Waals surface area contributed by atoms with Gasteiger partial charge in [-0.3, -0.25) is 9.97 Å². The summed E-state index contributed by atoms with van der Waals surface area (Å²) in [6.45, 7) is 0. The molecule has 1 aromatic carbocycles. The van der Waals surface area contributed by atoms with Gasteiger partial charge in [0.1, 0.15) is 11.5 Å². The van der Waals surface area contributed by atoms with Crippen molar-refractivity contribution in [3.63, 3.8) is 0 Å². The third-order valence-corrected chi connectivity index (χ3v) is 3.10. The maximum atomic E-state index is 5.87. The number of halogens is 1. The van der Waals surface area contributed by atoms with Crippen molar-refractivity contribution in [3.05, 3.63) is 60.6 Å². The SMILES string of the molecule is ClCc1ccncc1Oc1cnc2ccccc2c1. The predicted octanol–water partition coefficient (Wildman–Crippen LogP) is 4.16. The molecule has 2 aromatic heterocycles. The second-order valence-corrected chi connectivity index (χ2v) is 4.35. The average Bonchev–Trinajstić information content (AvgIpc) is 2.48. The van der Waals surface area contributed by atoms with Gasteiger partial charge in [0.2, 0.25) is 0 Å². The highest BCUT2D eigenvalue weighted by Gasteiger charge is 2.05. The molecule has 0 aliphatic heterocycles. The molecule has 0 saturated heterocycles. The molecule has 3 aromatic rings. The molecule has 0 spiro atoms. The van der Waals surface area contributed by atoms with E-state index in [9.17, 15) is 0 Å². The highest BCUT2D eigenvalue weighted by atomic mass is 35.5. The lowest BCUT2D eigenvalue weighted by Crippen LogP contribution is -1.91. The zero-order chi connectivity index (χ0) is 13.1. The third kappa shape index (κ3) is 2.51. The van der Waals surface area contributed by atoms with Crippen molar-refractivity contribution in [2.75, 3.05) is 0 Å². The lowest BCUT2D eigenvalue weighted by atomic mass is 10.2. The Morgan fingerprint density at radius 2 is 2.00 bits per heavy atom. The minimum absolute atomic E-state index is 0.388. The zero-order valence-electron chi connectivity index (χ0n) is 10.1. The quantitative estimate of drug-likeness (QED) is 0.670. The second kappa shape index (κ2) is 5.24. The number of ether oxygens (including phenoxy) is 1. The second-order valence-electron chi connectivity index (χ2n) is 4.08. The lowest BCUT2D eigenvalue weighted by Gasteiger charge is -2.09. The number of benzene rings is 1. The van der Waals surface area contributed by atoms with Crippen molar-refractivity contribution in [1.29, 1.82) is 0 Å². The van der Waals surface area contributed by atoms with E-state index in [0.29, 0.717) is 17.4 Å². The molecule has 0 fully saturated rings. The Morgan fingerprint density at radius 3 is 2.89 bits per heavy atom. The van der Waals surface area contributed by atoms with Crippen LogP contribution in [-0.4, -0.2) is 9.97 Å². The Bertz CT molecular complexity index is 715. The van der Waals surface area contributed by atoms with Crippen molar-refractivity contribution < 1.29 is 4.74 Å². The van der Waals surface area contributed by atoms with Crippen molar-refractivity contribution in [3.8, 4) is 11.5 Å². The maximum Gasteiger partial charge on any atom is 0.150 e. The summed E-state index contributed by atoms with van der Waals surface area (Å²) in [5.74, 6) is 1.73. The first-order chi connectivity index (χ1) is 9.36. The van der Waals surface area contributed by atoms with Crippen molar-refractivity contribution in [2.24, 2.45) is 0 Å². The molecule has 0 unspecified atom stereocenters. The average molecular weight is 271 g/mol. The first-order valence-corrected chi connectivity index (χ1v) is 6.42. The van der Waals surface area contributed by atoms with Crippen molar-refractivity contribution in [2.45, 2.75) is 5.88 Å². The van der Waals surface area contributed by atoms with E-state index in [1.54, 1.807) is 18.6 Å². The summed E-state index contributed by atoms with van der Waals surface area (Å²) in [6, 6.07) is 11.7. The van der Waals surface area contributed by atoms with Gasteiger partial charge in [-0.1, -0.05) is 18.2 Å². The van der Waals surface area contributed by atoms with E-state index in [1.807, 2.05) is 36.4 Å². The largest absolute Gasteiger partial charge is 0.454 e. The molecule has 2 heterocycles. The minimum atomic E-state index is 0.388. The molecule has 0 bridgehead atoms. The molecule has 0 saturated carbocycles. The van der Waals surface area contributed by atoms with Crippen LogP contribution in [-0.2, 0) is 5.88 Å². The van der Waals surface area contributed by atoms with Gasteiger partial charge in [-0.05, 0) is 18.2 Å². The Labute approximate surface area is 115 Å². The van der Waals surface area contributed by atoms with Crippen LogP contribution in [0.3, 0.4) is 0 Å². The van der Waals surface area contributed by atoms with Gasteiger partial charge < -0.3 is 4.74 Å². The highest BCUT2D eigenvalue weighted by Crippen LogP contribution is 2.26. The molecular weight excluding hydrogens is 260 g/mol. The third-order valence-electron chi connectivity index (χ3n) is 2.81. The molecule has 0 radical (unpaired) electrons. The molecule has 3 rings (SSSR count).